The lowest BCUT2D eigenvalue weighted by Crippen LogP contribution is -2.56. The normalized spacial score (nSPS) is 15.4. The number of rotatable bonds is 7. The highest BCUT2D eigenvalue weighted by Crippen LogP contribution is 2.17. The van der Waals surface area contributed by atoms with E-state index < -0.39 is 34.1 Å². The first-order chi connectivity index (χ1) is 15.7. The zero-order valence-corrected chi connectivity index (χ0v) is 18.5. The average Bonchev–Trinajstić information content (AvgIpc) is 2.77. The number of nitrogens with zero attached hydrogens (tertiary/aromatic N) is 3. The van der Waals surface area contributed by atoms with E-state index in [1.807, 2.05) is 6.07 Å². The Bertz CT molecular complexity index is 1020. The second kappa shape index (κ2) is 10.5. The molecule has 2 aromatic carbocycles. The number of carbonyl (C=O) groups is 2. The van der Waals surface area contributed by atoms with Crippen LogP contribution >= 0.6 is 0 Å². The van der Waals surface area contributed by atoms with Crippen LogP contribution < -0.4 is 5.32 Å². The maximum atomic E-state index is 14.0. The molecule has 3 rings (SSSR count). The number of nitro benzene ring substituents is 1. The van der Waals surface area contributed by atoms with Crippen LogP contribution in [0.3, 0.4) is 0 Å². The van der Waals surface area contributed by atoms with Crippen LogP contribution in [-0.4, -0.2) is 58.8 Å². The molecule has 0 saturated carbocycles. The van der Waals surface area contributed by atoms with Gasteiger partial charge in [0, 0.05) is 44.9 Å². The van der Waals surface area contributed by atoms with Crippen molar-refractivity contribution in [2.45, 2.75) is 26.4 Å². The molecule has 1 heterocycles. The van der Waals surface area contributed by atoms with Gasteiger partial charge in [-0.1, -0.05) is 32.0 Å². The van der Waals surface area contributed by atoms with E-state index in [9.17, 15) is 28.5 Å². The van der Waals surface area contributed by atoms with E-state index in [-0.39, 0.29) is 17.5 Å². The Hall–Kier alpha value is -3.40. The number of amides is 2. The molecule has 1 saturated heterocycles. The summed E-state index contributed by atoms with van der Waals surface area (Å²) in [5, 5.41) is 13.5. The fourth-order valence-corrected chi connectivity index (χ4v) is 3.79. The van der Waals surface area contributed by atoms with Crippen molar-refractivity contribution >= 4 is 17.5 Å². The van der Waals surface area contributed by atoms with Gasteiger partial charge < -0.3 is 10.2 Å². The molecule has 0 aromatic heterocycles. The van der Waals surface area contributed by atoms with Crippen LogP contribution in [-0.2, 0) is 11.3 Å². The maximum Gasteiger partial charge on any atom is 0.269 e. The van der Waals surface area contributed by atoms with Gasteiger partial charge in [0.1, 0.15) is 23.2 Å². The Morgan fingerprint density at radius 3 is 2.24 bits per heavy atom. The predicted molar refractivity (Wildman–Crippen MR) is 117 cm³/mol. The van der Waals surface area contributed by atoms with Crippen molar-refractivity contribution in [3.8, 4) is 0 Å². The summed E-state index contributed by atoms with van der Waals surface area (Å²) in [5.41, 5.74) is 0.129. The summed E-state index contributed by atoms with van der Waals surface area (Å²) in [6, 6.07) is 8.64. The number of carbonyl (C=O) groups excluding carboxylic acids is 2. The Morgan fingerprint density at radius 2 is 1.67 bits per heavy atom. The molecule has 1 atom stereocenters. The van der Waals surface area contributed by atoms with Crippen LogP contribution in [0.1, 0.15) is 29.8 Å². The minimum atomic E-state index is -0.989. The van der Waals surface area contributed by atoms with Crippen LogP contribution in [0.5, 0.6) is 0 Å². The molecule has 0 radical (unpaired) electrons. The van der Waals surface area contributed by atoms with E-state index in [1.54, 1.807) is 24.8 Å². The highest BCUT2D eigenvalue weighted by Gasteiger charge is 2.32. The molecule has 33 heavy (non-hydrogen) atoms. The first-order valence-corrected chi connectivity index (χ1v) is 10.7. The van der Waals surface area contributed by atoms with Crippen molar-refractivity contribution in [1.82, 2.24) is 15.1 Å². The third-order valence-electron chi connectivity index (χ3n) is 5.62. The van der Waals surface area contributed by atoms with Crippen molar-refractivity contribution in [3.63, 3.8) is 0 Å². The average molecular weight is 460 g/mol. The van der Waals surface area contributed by atoms with Crippen LogP contribution in [0, 0.1) is 27.7 Å². The Labute approximate surface area is 190 Å². The predicted octanol–water partition coefficient (Wildman–Crippen LogP) is 2.97. The summed E-state index contributed by atoms with van der Waals surface area (Å²) in [7, 11) is 0. The number of non-ortho nitro benzene ring substituents is 1. The molecule has 0 aliphatic carbocycles. The zero-order valence-electron chi connectivity index (χ0n) is 18.5. The van der Waals surface area contributed by atoms with Gasteiger partial charge in [-0.3, -0.25) is 24.6 Å². The zero-order chi connectivity index (χ0) is 24.1. The van der Waals surface area contributed by atoms with Crippen molar-refractivity contribution < 1.29 is 23.3 Å². The topological polar surface area (TPSA) is 95.8 Å². The first-order valence-electron chi connectivity index (χ1n) is 10.7. The number of hydrogen-bond donors (Lipinski definition) is 1. The molecule has 1 aliphatic heterocycles. The molecule has 1 N–H and O–H groups in total. The van der Waals surface area contributed by atoms with Crippen molar-refractivity contribution in [1.29, 1.82) is 0 Å². The number of benzene rings is 2. The van der Waals surface area contributed by atoms with Crippen molar-refractivity contribution in [2.24, 2.45) is 5.92 Å². The summed E-state index contributed by atoms with van der Waals surface area (Å²) in [6.45, 7) is 5.92. The van der Waals surface area contributed by atoms with E-state index in [0.29, 0.717) is 32.7 Å². The monoisotopic (exact) mass is 460 g/mol. The molecular weight excluding hydrogens is 434 g/mol. The Balaban J connectivity index is 1.61. The number of halogens is 2. The Kier molecular flexibility index (Phi) is 7.70. The number of nitro groups is 1. The third-order valence-corrected chi connectivity index (χ3v) is 5.62. The number of hydrogen-bond acceptors (Lipinski definition) is 5. The molecule has 2 amide bonds. The lowest BCUT2D eigenvalue weighted by atomic mass is 10.0. The minimum absolute atomic E-state index is 0.0307. The molecular formula is C23H26F2N4O4. The van der Waals surface area contributed by atoms with Crippen LogP contribution in [0.25, 0.3) is 0 Å². The molecule has 2 aromatic rings. The molecule has 1 aliphatic rings. The Morgan fingerprint density at radius 1 is 1.06 bits per heavy atom. The molecule has 1 fully saturated rings. The smallest absolute Gasteiger partial charge is 0.269 e. The van der Waals surface area contributed by atoms with Gasteiger partial charge >= 0.3 is 0 Å². The van der Waals surface area contributed by atoms with E-state index in [1.165, 1.54) is 18.2 Å². The van der Waals surface area contributed by atoms with Gasteiger partial charge in [-0.2, -0.15) is 0 Å². The van der Waals surface area contributed by atoms with Crippen molar-refractivity contribution in [3.05, 3.63) is 75.3 Å². The summed E-state index contributed by atoms with van der Waals surface area (Å²) >= 11 is 0. The van der Waals surface area contributed by atoms with Crippen LogP contribution in [0.2, 0.25) is 0 Å². The summed E-state index contributed by atoms with van der Waals surface area (Å²) < 4.78 is 27.9. The first kappa shape index (κ1) is 24.2. The maximum absolute atomic E-state index is 14.0. The molecule has 176 valence electrons. The largest absolute Gasteiger partial charge is 0.340 e. The van der Waals surface area contributed by atoms with Gasteiger partial charge in [0.05, 0.1) is 4.92 Å². The van der Waals surface area contributed by atoms with E-state index in [2.05, 4.69) is 10.2 Å². The summed E-state index contributed by atoms with van der Waals surface area (Å²) in [4.78, 5) is 39.8. The van der Waals surface area contributed by atoms with E-state index >= 15 is 0 Å². The molecule has 8 nitrogen and oxygen atoms in total. The van der Waals surface area contributed by atoms with E-state index in [0.717, 1.165) is 17.7 Å². The SMILES string of the molecule is CC(C)[C@H](NC(=O)c1c(F)cccc1F)C(=O)N1CCN(Cc2cccc([N+](=O)[O-])c2)CC1. The molecule has 0 spiro atoms. The molecule has 10 heteroatoms. The fourth-order valence-electron chi connectivity index (χ4n) is 3.79. The van der Waals surface area contributed by atoms with Gasteiger partial charge in [0.15, 0.2) is 0 Å². The fraction of sp³-hybridized carbons (Fsp3) is 0.391. The summed E-state index contributed by atoms with van der Waals surface area (Å²) in [6.07, 6.45) is 0. The van der Waals surface area contributed by atoms with Gasteiger partial charge in [-0.15, -0.1) is 0 Å². The third kappa shape index (κ3) is 5.89. The molecule has 0 unspecified atom stereocenters. The van der Waals surface area contributed by atoms with Gasteiger partial charge in [-0.25, -0.2) is 8.78 Å². The van der Waals surface area contributed by atoms with Gasteiger partial charge in [0.2, 0.25) is 5.91 Å². The highest BCUT2D eigenvalue weighted by molar-refractivity contribution is 5.98. The number of nitrogens with one attached hydrogen (secondary N) is 1. The second-order valence-corrected chi connectivity index (χ2v) is 8.32. The number of piperazine rings is 1. The van der Waals surface area contributed by atoms with Crippen LogP contribution in [0.15, 0.2) is 42.5 Å². The lowest BCUT2D eigenvalue weighted by Gasteiger charge is -2.37. The standard InChI is InChI=1S/C23H26F2N4O4/c1-15(2)21(26-22(30)20-18(24)7-4-8-19(20)25)23(31)28-11-9-27(10-12-28)14-16-5-3-6-17(13-16)29(32)33/h3-8,13,15,21H,9-12,14H2,1-2H3,(H,26,30)/t21-/m0/s1. The highest BCUT2D eigenvalue weighted by atomic mass is 19.1. The minimum Gasteiger partial charge on any atom is -0.340 e. The molecule has 0 bridgehead atoms. The quantitative estimate of drug-likeness (QED) is 0.506. The summed E-state index contributed by atoms with van der Waals surface area (Å²) in [5.74, 6) is -3.55. The van der Waals surface area contributed by atoms with Gasteiger partial charge in [0.25, 0.3) is 11.6 Å². The van der Waals surface area contributed by atoms with Gasteiger partial charge in [-0.05, 0) is 23.6 Å². The second-order valence-electron chi connectivity index (χ2n) is 8.32. The lowest BCUT2D eigenvalue weighted by molar-refractivity contribution is -0.384. The van der Waals surface area contributed by atoms with Crippen LogP contribution in [0.4, 0.5) is 14.5 Å². The van der Waals surface area contributed by atoms with E-state index in [4.69, 9.17) is 0 Å². The van der Waals surface area contributed by atoms with Crippen molar-refractivity contribution in [2.75, 3.05) is 26.2 Å².